The third kappa shape index (κ3) is 5.00. The normalized spacial score (nSPS) is 11.3. The monoisotopic (exact) mass is 263 g/mol. The molecule has 0 saturated carbocycles. The molecule has 0 unspecified atom stereocenters. The van der Waals surface area contributed by atoms with Crippen molar-refractivity contribution in [2.45, 2.75) is 6.18 Å². The Hall–Kier alpha value is -1.83. The number of carbonyl (C=O) groups excluding carboxylic acids is 1. The molecule has 0 aliphatic rings. The molecule has 1 aromatic heterocycles. The fourth-order valence-electron chi connectivity index (χ4n) is 1.17. The van der Waals surface area contributed by atoms with Gasteiger partial charge in [0.05, 0.1) is 12.2 Å². The van der Waals surface area contributed by atoms with Gasteiger partial charge in [-0.25, -0.2) is 4.98 Å². The number of carbonyl (C=O) groups is 1. The van der Waals surface area contributed by atoms with E-state index < -0.39 is 18.7 Å². The highest BCUT2D eigenvalue weighted by Crippen LogP contribution is 2.14. The molecular formula is C10H12F3N3O2. The summed E-state index contributed by atoms with van der Waals surface area (Å²) in [6.45, 7) is -1.37. The van der Waals surface area contributed by atoms with Crippen molar-refractivity contribution in [3.05, 3.63) is 23.9 Å². The number of nitrogens with two attached hydrogens (primary N) is 1. The van der Waals surface area contributed by atoms with E-state index in [0.717, 1.165) is 0 Å². The molecule has 100 valence electrons. The molecule has 0 saturated heterocycles. The first kappa shape index (κ1) is 14.2. The highest BCUT2D eigenvalue weighted by molar-refractivity contribution is 5.97. The second-order valence-corrected chi connectivity index (χ2v) is 3.36. The van der Waals surface area contributed by atoms with Crippen LogP contribution < -0.4 is 11.1 Å². The summed E-state index contributed by atoms with van der Waals surface area (Å²) in [6.07, 6.45) is -2.91. The van der Waals surface area contributed by atoms with E-state index in [1.807, 2.05) is 0 Å². The van der Waals surface area contributed by atoms with Crippen LogP contribution in [0.4, 0.5) is 19.0 Å². The lowest BCUT2D eigenvalue weighted by molar-refractivity contribution is -0.172. The van der Waals surface area contributed by atoms with E-state index in [9.17, 15) is 18.0 Å². The average Bonchev–Trinajstić information content (AvgIpc) is 2.27. The van der Waals surface area contributed by atoms with E-state index in [4.69, 9.17) is 5.73 Å². The number of rotatable bonds is 6. The van der Waals surface area contributed by atoms with Gasteiger partial charge >= 0.3 is 6.18 Å². The van der Waals surface area contributed by atoms with Crippen LogP contribution in [-0.2, 0) is 4.74 Å². The number of hydrogen-bond acceptors (Lipinski definition) is 4. The summed E-state index contributed by atoms with van der Waals surface area (Å²) in [5.41, 5.74) is 5.28. The maximum absolute atomic E-state index is 11.8. The molecule has 0 fully saturated rings. The molecule has 0 aromatic carbocycles. The van der Waals surface area contributed by atoms with E-state index >= 15 is 0 Å². The van der Waals surface area contributed by atoms with Crippen molar-refractivity contribution in [2.24, 2.45) is 5.73 Å². The largest absolute Gasteiger partial charge is 0.411 e. The van der Waals surface area contributed by atoms with Crippen molar-refractivity contribution in [1.29, 1.82) is 0 Å². The lowest BCUT2D eigenvalue weighted by atomic mass is 10.2. The Labute approximate surface area is 101 Å². The first-order valence-corrected chi connectivity index (χ1v) is 5.03. The summed E-state index contributed by atoms with van der Waals surface area (Å²) in [5, 5.41) is 2.68. The number of hydrogen-bond donors (Lipinski definition) is 2. The Kier molecular flexibility index (Phi) is 4.90. The van der Waals surface area contributed by atoms with Crippen LogP contribution in [0, 0.1) is 0 Å². The highest BCUT2D eigenvalue weighted by atomic mass is 19.4. The molecule has 0 bridgehead atoms. The third-order valence-electron chi connectivity index (χ3n) is 1.88. The average molecular weight is 263 g/mol. The van der Waals surface area contributed by atoms with Gasteiger partial charge < -0.3 is 15.8 Å². The lowest BCUT2D eigenvalue weighted by Gasteiger charge is -2.10. The number of aromatic nitrogens is 1. The first-order chi connectivity index (χ1) is 8.40. The fraction of sp³-hybridized carbons (Fsp3) is 0.400. The van der Waals surface area contributed by atoms with Crippen LogP contribution in [0.5, 0.6) is 0 Å². The van der Waals surface area contributed by atoms with Gasteiger partial charge in [0.1, 0.15) is 12.4 Å². The minimum atomic E-state index is -4.34. The van der Waals surface area contributed by atoms with E-state index in [-0.39, 0.29) is 24.5 Å². The smallest absolute Gasteiger partial charge is 0.370 e. The summed E-state index contributed by atoms with van der Waals surface area (Å²) < 4.78 is 39.7. The lowest BCUT2D eigenvalue weighted by Crippen LogP contribution is -2.21. The van der Waals surface area contributed by atoms with Crippen LogP contribution in [0.3, 0.4) is 0 Å². The number of pyridine rings is 1. The molecule has 0 spiro atoms. The van der Waals surface area contributed by atoms with Crippen LogP contribution in [0.2, 0.25) is 0 Å². The van der Waals surface area contributed by atoms with E-state index in [2.05, 4.69) is 15.0 Å². The van der Waals surface area contributed by atoms with Crippen LogP contribution in [0.15, 0.2) is 18.3 Å². The number of anilines is 1. The van der Waals surface area contributed by atoms with Crippen LogP contribution in [-0.4, -0.2) is 36.8 Å². The Balaban J connectivity index is 2.38. The number of ether oxygens (including phenoxy) is 1. The minimum Gasteiger partial charge on any atom is -0.370 e. The number of halogens is 3. The van der Waals surface area contributed by atoms with Crippen LogP contribution >= 0.6 is 0 Å². The molecule has 18 heavy (non-hydrogen) atoms. The molecule has 0 aliphatic carbocycles. The molecule has 1 heterocycles. The van der Waals surface area contributed by atoms with Gasteiger partial charge in [0.15, 0.2) is 0 Å². The van der Waals surface area contributed by atoms with E-state index in [1.54, 1.807) is 0 Å². The summed E-state index contributed by atoms with van der Waals surface area (Å²) >= 11 is 0. The molecular weight excluding hydrogens is 251 g/mol. The van der Waals surface area contributed by atoms with Crippen LogP contribution in [0.25, 0.3) is 0 Å². The quantitative estimate of drug-likeness (QED) is 0.755. The van der Waals surface area contributed by atoms with Gasteiger partial charge in [0.2, 0.25) is 0 Å². The third-order valence-corrected chi connectivity index (χ3v) is 1.88. The van der Waals surface area contributed by atoms with Crippen molar-refractivity contribution in [3.8, 4) is 0 Å². The Morgan fingerprint density at radius 1 is 1.50 bits per heavy atom. The van der Waals surface area contributed by atoms with Gasteiger partial charge in [-0.1, -0.05) is 0 Å². The van der Waals surface area contributed by atoms with Crippen molar-refractivity contribution in [2.75, 3.05) is 25.1 Å². The van der Waals surface area contributed by atoms with Gasteiger partial charge in [0.25, 0.3) is 5.91 Å². The molecule has 1 rings (SSSR count). The topological polar surface area (TPSA) is 77.2 Å². The SMILES string of the molecule is NC(=O)c1cccnc1NCCOCC(F)(F)F. The fourth-order valence-corrected chi connectivity index (χ4v) is 1.17. The van der Waals surface area contributed by atoms with Crippen molar-refractivity contribution >= 4 is 11.7 Å². The van der Waals surface area contributed by atoms with Gasteiger partial charge in [0, 0.05) is 12.7 Å². The predicted octanol–water partition coefficient (Wildman–Crippen LogP) is 1.17. The number of nitrogens with zero attached hydrogens (tertiary/aromatic N) is 1. The molecule has 1 aromatic rings. The predicted molar refractivity (Wildman–Crippen MR) is 58.1 cm³/mol. The molecule has 0 aliphatic heterocycles. The van der Waals surface area contributed by atoms with Crippen molar-refractivity contribution in [3.63, 3.8) is 0 Å². The second kappa shape index (κ2) is 6.20. The minimum absolute atomic E-state index is 0.0906. The Morgan fingerprint density at radius 3 is 2.83 bits per heavy atom. The Bertz CT molecular complexity index is 410. The molecule has 0 radical (unpaired) electrons. The van der Waals surface area contributed by atoms with Crippen molar-refractivity contribution < 1.29 is 22.7 Å². The number of amides is 1. The zero-order chi connectivity index (χ0) is 13.6. The zero-order valence-electron chi connectivity index (χ0n) is 9.33. The zero-order valence-corrected chi connectivity index (χ0v) is 9.33. The summed E-state index contributed by atoms with van der Waals surface area (Å²) in [5.74, 6) is -0.442. The summed E-state index contributed by atoms with van der Waals surface area (Å²) in [6, 6.07) is 3.00. The summed E-state index contributed by atoms with van der Waals surface area (Å²) in [7, 11) is 0. The van der Waals surface area contributed by atoms with Crippen LogP contribution in [0.1, 0.15) is 10.4 Å². The van der Waals surface area contributed by atoms with Gasteiger partial charge in [-0.15, -0.1) is 0 Å². The van der Waals surface area contributed by atoms with E-state index in [0.29, 0.717) is 0 Å². The number of nitrogens with one attached hydrogen (secondary N) is 1. The summed E-state index contributed by atoms with van der Waals surface area (Å²) in [4.78, 5) is 14.9. The maximum Gasteiger partial charge on any atom is 0.411 e. The Morgan fingerprint density at radius 2 is 2.22 bits per heavy atom. The maximum atomic E-state index is 11.8. The molecule has 0 atom stereocenters. The van der Waals surface area contributed by atoms with Gasteiger partial charge in [-0.3, -0.25) is 4.79 Å². The first-order valence-electron chi connectivity index (χ1n) is 5.03. The standard InChI is InChI=1S/C10H12F3N3O2/c11-10(12,13)6-18-5-4-16-9-7(8(14)17)2-1-3-15-9/h1-3H,4-6H2,(H2,14,17)(H,15,16). The molecule has 5 nitrogen and oxygen atoms in total. The van der Waals surface area contributed by atoms with Crippen molar-refractivity contribution in [1.82, 2.24) is 4.98 Å². The van der Waals surface area contributed by atoms with Gasteiger partial charge in [-0.05, 0) is 12.1 Å². The molecule has 3 N–H and O–H groups in total. The second-order valence-electron chi connectivity index (χ2n) is 3.36. The molecule has 1 amide bonds. The van der Waals surface area contributed by atoms with E-state index in [1.165, 1.54) is 18.3 Å². The molecule has 8 heteroatoms. The number of primary amides is 1. The highest BCUT2D eigenvalue weighted by Gasteiger charge is 2.27. The van der Waals surface area contributed by atoms with Gasteiger partial charge in [-0.2, -0.15) is 13.2 Å². The number of alkyl halides is 3.